The van der Waals surface area contributed by atoms with Crippen molar-refractivity contribution in [3.8, 4) is 11.5 Å². The highest BCUT2D eigenvalue weighted by atomic mass is 32.2. The third-order valence-corrected chi connectivity index (χ3v) is 6.66. The summed E-state index contributed by atoms with van der Waals surface area (Å²) in [4.78, 5) is 28.6. The Morgan fingerprint density at radius 1 is 1.00 bits per heavy atom. The number of amidine groups is 1. The van der Waals surface area contributed by atoms with Crippen molar-refractivity contribution in [2.24, 2.45) is 4.99 Å². The molecule has 38 heavy (non-hydrogen) atoms. The zero-order chi connectivity index (χ0) is 26.5. The fourth-order valence-electron chi connectivity index (χ4n) is 3.98. The van der Waals surface area contributed by atoms with E-state index in [9.17, 15) is 14.9 Å². The number of non-ortho nitro benzene ring substituents is 1. The van der Waals surface area contributed by atoms with Gasteiger partial charge in [0, 0.05) is 17.7 Å². The Balaban J connectivity index is 1.44. The van der Waals surface area contributed by atoms with Gasteiger partial charge in [0.15, 0.2) is 5.17 Å². The first kappa shape index (κ1) is 25.0. The number of rotatable bonds is 8. The number of amides is 1. The molecule has 0 aliphatic carbocycles. The second kappa shape index (κ2) is 11.2. The SMILES string of the molecule is CCOc1ccc(N=C2NC(=O)/C(=C\c3c(OCc4cccc([N+](=O)[O-])c4)ccc4ccccc34)S2)cc1. The number of benzene rings is 4. The van der Waals surface area contributed by atoms with Crippen molar-refractivity contribution in [3.05, 3.63) is 111 Å². The molecule has 0 spiro atoms. The van der Waals surface area contributed by atoms with Crippen LogP contribution in [-0.4, -0.2) is 22.6 Å². The minimum Gasteiger partial charge on any atom is -0.494 e. The third-order valence-electron chi connectivity index (χ3n) is 5.75. The van der Waals surface area contributed by atoms with Crippen molar-refractivity contribution in [3.63, 3.8) is 0 Å². The average molecular weight is 526 g/mol. The van der Waals surface area contributed by atoms with Crippen molar-refractivity contribution in [2.75, 3.05) is 6.61 Å². The van der Waals surface area contributed by atoms with Crippen molar-refractivity contribution in [2.45, 2.75) is 13.5 Å². The molecular weight excluding hydrogens is 502 g/mol. The van der Waals surface area contributed by atoms with Crippen LogP contribution in [0.5, 0.6) is 11.5 Å². The highest BCUT2D eigenvalue weighted by molar-refractivity contribution is 8.18. The number of carbonyl (C=O) groups is 1. The number of ether oxygens (including phenoxy) is 2. The van der Waals surface area contributed by atoms with Gasteiger partial charge in [-0.2, -0.15) is 0 Å². The first-order valence-corrected chi connectivity index (χ1v) is 12.7. The number of nitrogens with one attached hydrogen (secondary N) is 1. The van der Waals surface area contributed by atoms with Crippen molar-refractivity contribution in [1.82, 2.24) is 5.32 Å². The summed E-state index contributed by atoms with van der Waals surface area (Å²) in [6.45, 7) is 2.64. The quantitative estimate of drug-likeness (QED) is 0.158. The fourth-order valence-corrected chi connectivity index (χ4v) is 4.81. The molecule has 4 aromatic rings. The Morgan fingerprint density at radius 2 is 1.82 bits per heavy atom. The van der Waals surface area contributed by atoms with Crippen LogP contribution in [0.25, 0.3) is 16.8 Å². The zero-order valence-corrected chi connectivity index (χ0v) is 21.2. The van der Waals surface area contributed by atoms with Gasteiger partial charge in [0.05, 0.1) is 22.1 Å². The number of aliphatic imine (C=N–C) groups is 1. The number of hydrogen-bond donors (Lipinski definition) is 1. The van der Waals surface area contributed by atoms with Gasteiger partial charge < -0.3 is 14.8 Å². The molecule has 1 aliphatic heterocycles. The van der Waals surface area contributed by atoms with Gasteiger partial charge in [0.25, 0.3) is 11.6 Å². The van der Waals surface area contributed by atoms with Crippen LogP contribution in [0.4, 0.5) is 11.4 Å². The largest absolute Gasteiger partial charge is 0.494 e. The van der Waals surface area contributed by atoms with E-state index in [1.807, 2.05) is 67.6 Å². The van der Waals surface area contributed by atoms with Crippen molar-refractivity contribution in [1.29, 1.82) is 0 Å². The predicted molar refractivity (Wildman–Crippen MR) is 150 cm³/mol. The average Bonchev–Trinajstić information content (AvgIpc) is 3.27. The molecule has 1 amide bonds. The molecule has 5 rings (SSSR count). The molecule has 0 unspecified atom stereocenters. The van der Waals surface area contributed by atoms with Gasteiger partial charge in [0.1, 0.15) is 18.1 Å². The Bertz CT molecular complexity index is 1580. The molecule has 0 radical (unpaired) electrons. The van der Waals surface area contributed by atoms with Crippen molar-refractivity contribution < 1.29 is 19.2 Å². The van der Waals surface area contributed by atoms with Crippen LogP contribution in [0.2, 0.25) is 0 Å². The normalized spacial score (nSPS) is 15.1. The van der Waals surface area contributed by atoms with Gasteiger partial charge >= 0.3 is 0 Å². The number of nitrogens with zero attached hydrogens (tertiary/aromatic N) is 2. The maximum atomic E-state index is 12.8. The molecule has 0 saturated carbocycles. The van der Waals surface area contributed by atoms with Crippen LogP contribution >= 0.6 is 11.8 Å². The molecule has 190 valence electrons. The lowest BCUT2D eigenvalue weighted by molar-refractivity contribution is -0.384. The number of nitro benzene ring substituents is 1. The van der Waals surface area contributed by atoms with Crippen LogP contribution in [0.1, 0.15) is 18.1 Å². The standard InChI is InChI=1S/C29H23N3O5S/c1-2-36-23-13-11-21(12-14-23)30-29-31-28(33)27(38-29)17-25-24-9-4-3-7-20(24)10-15-26(25)37-18-19-6-5-8-22(16-19)32(34)35/h3-17H,2,18H2,1H3,(H,30,31,33)/b27-17+. The van der Waals surface area contributed by atoms with Gasteiger partial charge in [-0.05, 0) is 71.4 Å². The number of carbonyl (C=O) groups excluding carboxylic acids is 1. The maximum Gasteiger partial charge on any atom is 0.269 e. The molecule has 0 atom stereocenters. The lowest BCUT2D eigenvalue weighted by Gasteiger charge is -2.12. The lowest BCUT2D eigenvalue weighted by Crippen LogP contribution is -2.19. The molecule has 1 N–H and O–H groups in total. The molecule has 4 aromatic carbocycles. The van der Waals surface area contributed by atoms with E-state index in [0.717, 1.165) is 22.1 Å². The molecule has 1 heterocycles. The zero-order valence-electron chi connectivity index (χ0n) is 20.4. The van der Waals surface area contributed by atoms with E-state index >= 15 is 0 Å². The lowest BCUT2D eigenvalue weighted by atomic mass is 10.0. The minimum absolute atomic E-state index is 0.00493. The molecule has 1 saturated heterocycles. The van der Waals surface area contributed by atoms with Crippen molar-refractivity contribution >= 4 is 51.1 Å². The molecule has 0 bridgehead atoms. The smallest absolute Gasteiger partial charge is 0.269 e. The van der Waals surface area contributed by atoms with Gasteiger partial charge in [-0.15, -0.1) is 0 Å². The summed E-state index contributed by atoms with van der Waals surface area (Å²) in [6.07, 6.45) is 1.80. The summed E-state index contributed by atoms with van der Waals surface area (Å²) in [6, 6.07) is 25.3. The molecular formula is C29H23N3O5S. The van der Waals surface area contributed by atoms with E-state index in [-0.39, 0.29) is 18.2 Å². The predicted octanol–water partition coefficient (Wildman–Crippen LogP) is 6.62. The van der Waals surface area contributed by atoms with Crippen LogP contribution in [-0.2, 0) is 11.4 Å². The third kappa shape index (κ3) is 5.68. The summed E-state index contributed by atoms with van der Waals surface area (Å²) >= 11 is 1.25. The summed E-state index contributed by atoms with van der Waals surface area (Å²) in [5.74, 6) is 1.07. The Labute approximate surface area is 223 Å². The second-order valence-electron chi connectivity index (χ2n) is 8.32. The summed E-state index contributed by atoms with van der Waals surface area (Å²) in [5, 5.41) is 16.4. The second-order valence-corrected chi connectivity index (χ2v) is 9.35. The number of thioether (sulfide) groups is 1. The first-order chi connectivity index (χ1) is 18.5. The monoisotopic (exact) mass is 525 g/mol. The topological polar surface area (TPSA) is 103 Å². The summed E-state index contributed by atoms with van der Waals surface area (Å²) in [7, 11) is 0. The van der Waals surface area contributed by atoms with Gasteiger partial charge in [-0.3, -0.25) is 14.9 Å². The van der Waals surface area contributed by atoms with E-state index in [0.29, 0.717) is 33.7 Å². The number of nitro groups is 1. The highest BCUT2D eigenvalue weighted by Gasteiger charge is 2.25. The van der Waals surface area contributed by atoms with Gasteiger partial charge in [0.2, 0.25) is 0 Å². The van der Waals surface area contributed by atoms with Crippen LogP contribution in [0.15, 0.2) is 94.8 Å². The number of fused-ring (bicyclic) bond motifs is 1. The Hall–Kier alpha value is -4.63. The van der Waals surface area contributed by atoms with Gasteiger partial charge in [-0.25, -0.2) is 4.99 Å². The molecule has 1 aliphatic rings. The molecule has 0 aromatic heterocycles. The molecule has 9 heteroatoms. The maximum absolute atomic E-state index is 12.8. The van der Waals surface area contributed by atoms with E-state index in [2.05, 4.69) is 10.3 Å². The number of hydrogen-bond acceptors (Lipinski definition) is 7. The van der Waals surface area contributed by atoms with E-state index < -0.39 is 4.92 Å². The summed E-state index contributed by atoms with van der Waals surface area (Å²) < 4.78 is 11.6. The first-order valence-electron chi connectivity index (χ1n) is 11.9. The molecule has 8 nitrogen and oxygen atoms in total. The van der Waals surface area contributed by atoms with E-state index in [1.165, 1.54) is 23.9 Å². The Kier molecular flexibility index (Phi) is 7.37. The van der Waals surface area contributed by atoms with Crippen LogP contribution in [0, 0.1) is 10.1 Å². The van der Waals surface area contributed by atoms with E-state index in [4.69, 9.17) is 9.47 Å². The Morgan fingerprint density at radius 3 is 2.61 bits per heavy atom. The molecule has 1 fully saturated rings. The fraction of sp³-hybridized carbons (Fsp3) is 0.103. The van der Waals surface area contributed by atoms with E-state index in [1.54, 1.807) is 18.2 Å². The summed E-state index contributed by atoms with van der Waals surface area (Å²) in [5.41, 5.74) is 2.12. The van der Waals surface area contributed by atoms with Crippen LogP contribution in [0.3, 0.4) is 0 Å². The highest BCUT2D eigenvalue weighted by Crippen LogP contribution is 2.35. The van der Waals surface area contributed by atoms with Gasteiger partial charge in [-0.1, -0.05) is 42.5 Å². The van der Waals surface area contributed by atoms with Crippen LogP contribution < -0.4 is 14.8 Å². The minimum atomic E-state index is -0.433.